The van der Waals surface area contributed by atoms with Gasteiger partial charge >= 0.3 is 0 Å². The van der Waals surface area contributed by atoms with Crippen molar-refractivity contribution in [3.8, 4) is 0 Å². The zero-order valence-corrected chi connectivity index (χ0v) is 14.4. The summed E-state index contributed by atoms with van der Waals surface area (Å²) >= 11 is 0. The van der Waals surface area contributed by atoms with Crippen molar-refractivity contribution in [1.29, 1.82) is 0 Å². The highest BCUT2D eigenvalue weighted by atomic mass is 35.5. The van der Waals surface area contributed by atoms with Crippen LogP contribution in [0.3, 0.4) is 0 Å². The number of hydrogen-bond donors (Lipinski definition) is 1. The number of nitrogens with zero attached hydrogens (tertiary/aromatic N) is 1. The maximum Gasteiger partial charge on any atom is 0.222 e. The van der Waals surface area contributed by atoms with Crippen molar-refractivity contribution in [3.63, 3.8) is 0 Å². The Kier molecular flexibility index (Phi) is 8.32. The molecule has 0 bridgehead atoms. The van der Waals surface area contributed by atoms with Gasteiger partial charge in [0, 0.05) is 25.7 Å². The molecule has 3 nitrogen and oxygen atoms in total. The number of carbonyl (C=O) groups excluding carboxylic acids is 1. The molecular formula is C18H29ClN2O. The van der Waals surface area contributed by atoms with E-state index in [1.54, 1.807) is 0 Å². The van der Waals surface area contributed by atoms with Gasteiger partial charge in [-0.15, -0.1) is 12.4 Å². The summed E-state index contributed by atoms with van der Waals surface area (Å²) in [5.41, 5.74) is 7.78. The van der Waals surface area contributed by atoms with Crippen LogP contribution in [-0.2, 0) is 11.2 Å². The number of anilines is 1. The normalized spacial score (nSPS) is 15.1. The van der Waals surface area contributed by atoms with E-state index in [0.717, 1.165) is 36.6 Å². The molecule has 2 N–H and O–H groups in total. The maximum absolute atomic E-state index is 12.2. The Morgan fingerprint density at radius 3 is 2.59 bits per heavy atom. The number of nitrogen functional groups attached to an aromatic ring is 1. The van der Waals surface area contributed by atoms with Crippen molar-refractivity contribution in [1.82, 2.24) is 4.90 Å². The average molecular weight is 325 g/mol. The average Bonchev–Trinajstić information content (AvgIpc) is 2.52. The standard InChI is InChI=1S/C18H28N2O.ClH/c1-20(14-13-15-7-3-2-4-8-15)18(21)12-11-16-9-5-6-10-17(16)19;/h5-6,9-10,15H,2-4,7-8,11-14,19H2,1H3;1H. The van der Waals surface area contributed by atoms with Crippen LogP contribution >= 0.6 is 12.4 Å². The zero-order chi connectivity index (χ0) is 15.1. The van der Waals surface area contributed by atoms with Crippen LogP contribution in [0, 0.1) is 5.92 Å². The van der Waals surface area contributed by atoms with E-state index < -0.39 is 0 Å². The molecule has 1 aromatic rings. The second-order valence-electron chi connectivity index (χ2n) is 6.31. The molecule has 2 rings (SSSR count). The lowest BCUT2D eigenvalue weighted by Gasteiger charge is -2.24. The van der Waals surface area contributed by atoms with Gasteiger partial charge in [-0.1, -0.05) is 50.3 Å². The fourth-order valence-electron chi connectivity index (χ4n) is 3.17. The van der Waals surface area contributed by atoms with E-state index in [1.807, 2.05) is 36.2 Å². The SMILES string of the molecule is CN(CCC1CCCCC1)C(=O)CCc1ccccc1N.Cl. The molecule has 1 amide bonds. The third-order valence-corrected chi connectivity index (χ3v) is 4.69. The van der Waals surface area contributed by atoms with Gasteiger partial charge in [-0.2, -0.15) is 0 Å². The number of hydrogen-bond acceptors (Lipinski definition) is 2. The van der Waals surface area contributed by atoms with Gasteiger partial charge in [0.1, 0.15) is 0 Å². The van der Waals surface area contributed by atoms with Crippen molar-refractivity contribution in [2.45, 2.75) is 51.4 Å². The number of nitrogens with two attached hydrogens (primary N) is 1. The van der Waals surface area contributed by atoms with Crippen LogP contribution in [-0.4, -0.2) is 24.4 Å². The minimum absolute atomic E-state index is 0. The number of para-hydroxylation sites is 1. The quantitative estimate of drug-likeness (QED) is 0.802. The molecule has 1 fully saturated rings. The molecule has 0 radical (unpaired) electrons. The summed E-state index contributed by atoms with van der Waals surface area (Å²) in [5.74, 6) is 1.06. The molecule has 1 saturated carbocycles. The van der Waals surface area contributed by atoms with Crippen LogP contribution in [0.5, 0.6) is 0 Å². The summed E-state index contributed by atoms with van der Waals surface area (Å²) in [4.78, 5) is 14.1. The summed E-state index contributed by atoms with van der Waals surface area (Å²) in [6, 6.07) is 7.80. The first-order chi connectivity index (χ1) is 10.2. The number of carbonyl (C=O) groups is 1. The van der Waals surface area contributed by atoms with Gasteiger partial charge in [-0.3, -0.25) is 4.79 Å². The molecule has 0 atom stereocenters. The molecule has 0 aromatic heterocycles. The molecule has 0 aliphatic heterocycles. The molecule has 1 aromatic carbocycles. The highest BCUT2D eigenvalue weighted by Crippen LogP contribution is 2.26. The first-order valence-electron chi connectivity index (χ1n) is 8.24. The van der Waals surface area contributed by atoms with E-state index in [1.165, 1.54) is 32.1 Å². The topological polar surface area (TPSA) is 46.3 Å². The van der Waals surface area contributed by atoms with Crippen LogP contribution in [0.1, 0.15) is 50.5 Å². The number of benzene rings is 1. The minimum Gasteiger partial charge on any atom is -0.399 e. The number of rotatable bonds is 6. The second kappa shape index (κ2) is 9.73. The lowest BCUT2D eigenvalue weighted by Crippen LogP contribution is -2.29. The first-order valence-corrected chi connectivity index (χ1v) is 8.24. The molecule has 0 saturated heterocycles. The predicted molar refractivity (Wildman–Crippen MR) is 95.3 cm³/mol. The smallest absolute Gasteiger partial charge is 0.222 e. The lowest BCUT2D eigenvalue weighted by atomic mass is 9.87. The number of amides is 1. The fourth-order valence-corrected chi connectivity index (χ4v) is 3.17. The number of aryl methyl sites for hydroxylation is 1. The summed E-state index contributed by atoms with van der Waals surface area (Å²) in [6.45, 7) is 0.897. The Hall–Kier alpha value is -1.22. The van der Waals surface area contributed by atoms with Crippen LogP contribution in [0.15, 0.2) is 24.3 Å². The van der Waals surface area contributed by atoms with Crippen molar-refractivity contribution in [2.75, 3.05) is 19.3 Å². The van der Waals surface area contributed by atoms with Crippen molar-refractivity contribution >= 4 is 24.0 Å². The Morgan fingerprint density at radius 2 is 1.91 bits per heavy atom. The third kappa shape index (κ3) is 5.88. The van der Waals surface area contributed by atoms with E-state index in [4.69, 9.17) is 5.73 Å². The Morgan fingerprint density at radius 1 is 1.23 bits per heavy atom. The highest BCUT2D eigenvalue weighted by Gasteiger charge is 2.16. The van der Waals surface area contributed by atoms with Crippen LogP contribution in [0.4, 0.5) is 5.69 Å². The molecule has 124 valence electrons. The van der Waals surface area contributed by atoms with Gasteiger partial charge in [0.15, 0.2) is 0 Å². The molecule has 1 aliphatic carbocycles. The van der Waals surface area contributed by atoms with E-state index in [9.17, 15) is 4.79 Å². The monoisotopic (exact) mass is 324 g/mol. The molecule has 0 heterocycles. The second-order valence-corrected chi connectivity index (χ2v) is 6.31. The molecular weight excluding hydrogens is 296 g/mol. The van der Waals surface area contributed by atoms with Gasteiger partial charge in [-0.25, -0.2) is 0 Å². The van der Waals surface area contributed by atoms with E-state index in [0.29, 0.717) is 6.42 Å². The van der Waals surface area contributed by atoms with Crippen molar-refractivity contribution < 1.29 is 4.79 Å². The highest BCUT2D eigenvalue weighted by molar-refractivity contribution is 5.85. The molecule has 1 aliphatic rings. The lowest BCUT2D eigenvalue weighted by molar-refractivity contribution is -0.130. The molecule has 22 heavy (non-hydrogen) atoms. The predicted octanol–water partition coefficient (Wildman–Crippen LogP) is 4.05. The number of halogens is 1. The summed E-state index contributed by atoms with van der Waals surface area (Å²) in [5, 5.41) is 0. The van der Waals surface area contributed by atoms with Gasteiger partial charge in [-0.05, 0) is 30.4 Å². The Bertz CT molecular complexity index is 458. The van der Waals surface area contributed by atoms with Crippen molar-refractivity contribution in [2.24, 2.45) is 5.92 Å². The van der Waals surface area contributed by atoms with Gasteiger partial charge in [0.2, 0.25) is 5.91 Å². The van der Waals surface area contributed by atoms with Crippen molar-refractivity contribution in [3.05, 3.63) is 29.8 Å². The minimum atomic E-state index is 0. The molecule has 0 unspecified atom stereocenters. The van der Waals surface area contributed by atoms with Crippen LogP contribution < -0.4 is 5.73 Å². The Balaban J connectivity index is 0.00000242. The summed E-state index contributed by atoms with van der Waals surface area (Å²) in [7, 11) is 1.93. The van der Waals surface area contributed by atoms with E-state index in [2.05, 4.69) is 0 Å². The largest absolute Gasteiger partial charge is 0.399 e. The molecule has 4 heteroatoms. The van der Waals surface area contributed by atoms with E-state index >= 15 is 0 Å². The maximum atomic E-state index is 12.2. The fraction of sp³-hybridized carbons (Fsp3) is 0.611. The first kappa shape index (κ1) is 18.8. The van der Waals surface area contributed by atoms with Gasteiger partial charge in [0.05, 0.1) is 0 Å². The summed E-state index contributed by atoms with van der Waals surface area (Å²) < 4.78 is 0. The van der Waals surface area contributed by atoms with E-state index in [-0.39, 0.29) is 18.3 Å². The van der Waals surface area contributed by atoms with Gasteiger partial charge in [0.25, 0.3) is 0 Å². The zero-order valence-electron chi connectivity index (χ0n) is 13.6. The Labute approximate surface area is 140 Å². The van der Waals surface area contributed by atoms with Gasteiger partial charge < -0.3 is 10.6 Å². The van der Waals surface area contributed by atoms with Crippen LogP contribution in [0.2, 0.25) is 0 Å². The summed E-state index contributed by atoms with van der Waals surface area (Å²) in [6.07, 6.45) is 9.28. The third-order valence-electron chi connectivity index (χ3n) is 4.69. The van der Waals surface area contributed by atoms with Crippen LogP contribution in [0.25, 0.3) is 0 Å². The molecule has 0 spiro atoms.